The Balaban J connectivity index is 1.83. The molecule has 2 saturated heterocycles. The molecule has 5 heteroatoms. The van der Waals surface area contributed by atoms with Crippen LogP contribution in [0.15, 0.2) is 0 Å². The van der Waals surface area contributed by atoms with Gasteiger partial charge in [0.25, 0.3) is 0 Å². The maximum atomic E-state index is 12.5. The first-order valence-electron chi connectivity index (χ1n) is 7.28. The summed E-state index contributed by atoms with van der Waals surface area (Å²) < 4.78 is 10.4. The normalized spacial score (nSPS) is 27.4. The van der Waals surface area contributed by atoms with Gasteiger partial charge in [0.05, 0.1) is 19.1 Å². The molecule has 0 bridgehead atoms. The highest BCUT2D eigenvalue weighted by atomic mass is 16.5. The number of nitrogens with zero attached hydrogens (tertiary/aromatic N) is 2. The summed E-state index contributed by atoms with van der Waals surface area (Å²) in [6.45, 7) is 4.88. The molecule has 110 valence electrons. The molecule has 2 unspecified atom stereocenters. The molecule has 0 radical (unpaired) electrons. The van der Waals surface area contributed by atoms with E-state index in [0.29, 0.717) is 18.6 Å². The van der Waals surface area contributed by atoms with Gasteiger partial charge in [-0.15, -0.1) is 0 Å². The van der Waals surface area contributed by atoms with E-state index in [1.165, 1.54) is 0 Å². The van der Waals surface area contributed by atoms with Crippen molar-refractivity contribution < 1.29 is 14.3 Å². The standard InChI is InChI=1S/C14H26N2O3/c1-15(7-9-18-2)10-13-4-3-6-16(13)14(17)12-5-8-19-11-12/h12-13H,3-11H2,1-2H3. The summed E-state index contributed by atoms with van der Waals surface area (Å²) in [7, 11) is 3.82. The predicted molar refractivity (Wildman–Crippen MR) is 73.0 cm³/mol. The lowest BCUT2D eigenvalue weighted by Gasteiger charge is -2.30. The van der Waals surface area contributed by atoms with Crippen LogP contribution in [0.1, 0.15) is 19.3 Å². The fourth-order valence-electron chi connectivity index (χ4n) is 2.98. The molecule has 2 aliphatic heterocycles. The summed E-state index contributed by atoms with van der Waals surface area (Å²) in [6.07, 6.45) is 3.14. The van der Waals surface area contributed by atoms with Crippen molar-refractivity contribution in [3.05, 3.63) is 0 Å². The van der Waals surface area contributed by atoms with Crippen LogP contribution in [0.25, 0.3) is 0 Å². The molecular weight excluding hydrogens is 244 g/mol. The third kappa shape index (κ3) is 3.91. The fourth-order valence-corrected chi connectivity index (χ4v) is 2.98. The largest absolute Gasteiger partial charge is 0.383 e. The number of hydrogen-bond donors (Lipinski definition) is 0. The van der Waals surface area contributed by atoms with Crippen molar-refractivity contribution >= 4 is 5.91 Å². The van der Waals surface area contributed by atoms with Crippen LogP contribution in [-0.4, -0.2) is 75.4 Å². The first-order valence-corrected chi connectivity index (χ1v) is 7.28. The molecule has 5 nitrogen and oxygen atoms in total. The zero-order valence-electron chi connectivity index (χ0n) is 12.1. The van der Waals surface area contributed by atoms with Crippen LogP contribution < -0.4 is 0 Å². The number of likely N-dealkylation sites (tertiary alicyclic amines) is 1. The number of rotatable bonds is 6. The number of carbonyl (C=O) groups excluding carboxylic acids is 1. The summed E-state index contributed by atoms with van der Waals surface area (Å²) in [4.78, 5) is 16.8. The van der Waals surface area contributed by atoms with Crippen molar-refractivity contribution in [2.45, 2.75) is 25.3 Å². The van der Waals surface area contributed by atoms with Gasteiger partial charge in [-0.2, -0.15) is 0 Å². The minimum Gasteiger partial charge on any atom is -0.383 e. The fraction of sp³-hybridized carbons (Fsp3) is 0.929. The van der Waals surface area contributed by atoms with Crippen molar-refractivity contribution in [3.63, 3.8) is 0 Å². The Morgan fingerprint density at radius 2 is 2.32 bits per heavy atom. The molecule has 19 heavy (non-hydrogen) atoms. The average molecular weight is 270 g/mol. The lowest BCUT2D eigenvalue weighted by atomic mass is 10.1. The Hall–Kier alpha value is -0.650. The second kappa shape index (κ2) is 7.22. The van der Waals surface area contributed by atoms with Gasteiger partial charge in [0.1, 0.15) is 0 Å². The third-order valence-corrected chi connectivity index (χ3v) is 4.14. The Bertz CT molecular complexity index is 292. The van der Waals surface area contributed by atoms with Crippen LogP contribution in [0.4, 0.5) is 0 Å². The molecular formula is C14H26N2O3. The Morgan fingerprint density at radius 1 is 1.47 bits per heavy atom. The van der Waals surface area contributed by atoms with E-state index in [-0.39, 0.29) is 5.92 Å². The second-order valence-corrected chi connectivity index (χ2v) is 5.64. The molecule has 0 N–H and O–H groups in total. The molecule has 0 aromatic carbocycles. The van der Waals surface area contributed by atoms with Gasteiger partial charge < -0.3 is 19.3 Å². The van der Waals surface area contributed by atoms with Crippen LogP contribution in [0.3, 0.4) is 0 Å². The summed E-state index contributed by atoms with van der Waals surface area (Å²) >= 11 is 0. The third-order valence-electron chi connectivity index (χ3n) is 4.14. The van der Waals surface area contributed by atoms with E-state index >= 15 is 0 Å². The zero-order valence-corrected chi connectivity index (χ0v) is 12.1. The van der Waals surface area contributed by atoms with Crippen LogP contribution in [-0.2, 0) is 14.3 Å². The minimum absolute atomic E-state index is 0.102. The highest BCUT2D eigenvalue weighted by molar-refractivity contribution is 5.79. The predicted octanol–water partition coefficient (Wildman–Crippen LogP) is 0.592. The van der Waals surface area contributed by atoms with Crippen molar-refractivity contribution in [1.29, 1.82) is 0 Å². The number of methoxy groups -OCH3 is 1. The van der Waals surface area contributed by atoms with Gasteiger partial charge in [-0.05, 0) is 26.3 Å². The van der Waals surface area contributed by atoms with Gasteiger partial charge in [-0.3, -0.25) is 4.79 Å². The van der Waals surface area contributed by atoms with Crippen LogP contribution in [0.2, 0.25) is 0 Å². The van der Waals surface area contributed by atoms with E-state index in [1.807, 2.05) is 0 Å². The zero-order chi connectivity index (χ0) is 13.7. The Labute approximate surface area is 115 Å². The molecule has 0 aromatic heterocycles. The van der Waals surface area contributed by atoms with Gasteiger partial charge >= 0.3 is 0 Å². The van der Waals surface area contributed by atoms with Gasteiger partial charge in [-0.25, -0.2) is 0 Å². The number of ether oxygens (including phenoxy) is 2. The molecule has 0 aliphatic carbocycles. The van der Waals surface area contributed by atoms with Gasteiger partial charge in [-0.1, -0.05) is 0 Å². The van der Waals surface area contributed by atoms with Gasteiger partial charge in [0, 0.05) is 39.4 Å². The molecule has 0 spiro atoms. The molecule has 2 rings (SSSR count). The van der Waals surface area contributed by atoms with Gasteiger partial charge in [0.2, 0.25) is 5.91 Å². The summed E-state index contributed by atoms with van der Waals surface area (Å²) in [5.74, 6) is 0.407. The molecule has 2 fully saturated rings. The van der Waals surface area contributed by atoms with E-state index in [1.54, 1.807) is 7.11 Å². The minimum atomic E-state index is 0.102. The first-order chi connectivity index (χ1) is 9.22. The van der Waals surface area contributed by atoms with Crippen LogP contribution in [0, 0.1) is 5.92 Å². The smallest absolute Gasteiger partial charge is 0.228 e. The van der Waals surface area contributed by atoms with Crippen molar-refractivity contribution in [1.82, 2.24) is 9.80 Å². The SMILES string of the molecule is COCCN(C)CC1CCCN1C(=O)C1CCOC1. The Morgan fingerprint density at radius 3 is 3.00 bits per heavy atom. The van der Waals surface area contributed by atoms with E-state index in [9.17, 15) is 4.79 Å². The monoisotopic (exact) mass is 270 g/mol. The Kier molecular flexibility index (Phi) is 5.60. The summed E-state index contributed by atoms with van der Waals surface area (Å²) in [6, 6.07) is 0.370. The number of amides is 1. The van der Waals surface area contributed by atoms with Gasteiger partial charge in [0.15, 0.2) is 0 Å². The molecule has 0 saturated carbocycles. The van der Waals surface area contributed by atoms with E-state index in [4.69, 9.17) is 9.47 Å². The molecule has 1 amide bonds. The highest BCUT2D eigenvalue weighted by Gasteiger charge is 2.34. The highest BCUT2D eigenvalue weighted by Crippen LogP contribution is 2.23. The maximum absolute atomic E-state index is 12.5. The lowest BCUT2D eigenvalue weighted by molar-refractivity contribution is -0.136. The summed E-state index contributed by atoms with van der Waals surface area (Å²) in [5, 5.41) is 0. The quantitative estimate of drug-likeness (QED) is 0.708. The van der Waals surface area contributed by atoms with E-state index in [0.717, 1.165) is 52.1 Å². The molecule has 2 heterocycles. The molecule has 2 aliphatic rings. The second-order valence-electron chi connectivity index (χ2n) is 5.64. The molecule has 0 aromatic rings. The number of hydrogen-bond acceptors (Lipinski definition) is 4. The average Bonchev–Trinajstić information content (AvgIpc) is 3.06. The van der Waals surface area contributed by atoms with Crippen molar-refractivity contribution in [2.24, 2.45) is 5.92 Å². The number of likely N-dealkylation sites (N-methyl/N-ethyl adjacent to an activating group) is 1. The van der Waals surface area contributed by atoms with Crippen molar-refractivity contribution in [3.8, 4) is 0 Å². The lowest BCUT2D eigenvalue weighted by Crippen LogP contribution is -2.45. The van der Waals surface area contributed by atoms with Crippen LogP contribution in [0.5, 0.6) is 0 Å². The van der Waals surface area contributed by atoms with E-state index in [2.05, 4.69) is 16.8 Å². The van der Waals surface area contributed by atoms with E-state index < -0.39 is 0 Å². The van der Waals surface area contributed by atoms with Crippen LogP contribution >= 0.6 is 0 Å². The first kappa shape index (κ1) is 14.8. The number of carbonyl (C=O) groups is 1. The topological polar surface area (TPSA) is 42.0 Å². The summed E-state index contributed by atoms with van der Waals surface area (Å²) in [5.41, 5.74) is 0. The van der Waals surface area contributed by atoms with Crippen molar-refractivity contribution in [2.75, 3.05) is 53.6 Å². The maximum Gasteiger partial charge on any atom is 0.228 e. The molecule has 2 atom stereocenters.